The van der Waals surface area contributed by atoms with E-state index in [0.717, 1.165) is 22.4 Å². The summed E-state index contributed by atoms with van der Waals surface area (Å²) in [5.41, 5.74) is 3.01. The first kappa shape index (κ1) is 13.4. The van der Waals surface area contributed by atoms with Crippen molar-refractivity contribution in [2.24, 2.45) is 4.99 Å². The molecule has 1 aliphatic rings. The molecule has 1 heterocycles. The van der Waals surface area contributed by atoms with Crippen molar-refractivity contribution in [3.8, 4) is 5.75 Å². The van der Waals surface area contributed by atoms with Gasteiger partial charge in [0.25, 0.3) is 0 Å². The molecule has 2 aromatic carbocycles. The van der Waals surface area contributed by atoms with Crippen molar-refractivity contribution in [2.45, 2.75) is 6.10 Å². The Labute approximate surface area is 124 Å². The van der Waals surface area contributed by atoms with Crippen LogP contribution in [0, 0.1) is 0 Å². The van der Waals surface area contributed by atoms with Gasteiger partial charge in [-0.05, 0) is 35.4 Å². The van der Waals surface area contributed by atoms with Gasteiger partial charge in [0.15, 0.2) is 0 Å². The third-order valence-corrected chi connectivity index (χ3v) is 3.52. The van der Waals surface area contributed by atoms with E-state index in [1.54, 1.807) is 7.11 Å². The molecule has 0 saturated carbocycles. The predicted octanol–water partition coefficient (Wildman–Crippen LogP) is 3.55. The van der Waals surface area contributed by atoms with Crippen LogP contribution in [0.3, 0.4) is 0 Å². The summed E-state index contributed by atoms with van der Waals surface area (Å²) in [6.07, 6.45) is -0.0931. The van der Waals surface area contributed by atoms with Crippen LogP contribution in [0.2, 0.25) is 0 Å². The Morgan fingerprint density at radius 2 is 1.86 bits per heavy atom. The van der Waals surface area contributed by atoms with E-state index in [0.29, 0.717) is 12.4 Å². The summed E-state index contributed by atoms with van der Waals surface area (Å²) >= 11 is 0. The summed E-state index contributed by atoms with van der Waals surface area (Å²) in [5, 5.41) is 0. The standard InChI is InChI=1S/C18H17NO2/c1-13(14-6-4-3-5-7-14)17-12-19-18(21-17)15-8-10-16(20-2)11-9-15/h3-11,17H,1,12H2,2H3. The molecule has 0 spiro atoms. The first-order valence-electron chi connectivity index (χ1n) is 6.87. The fourth-order valence-corrected chi connectivity index (χ4v) is 2.29. The summed E-state index contributed by atoms with van der Waals surface area (Å²) in [6.45, 7) is 4.75. The van der Waals surface area contributed by atoms with Gasteiger partial charge in [0.2, 0.25) is 5.90 Å². The van der Waals surface area contributed by atoms with E-state index in [1.807, 2.05) is 54.6 Å². The third-order valence-electron chi connectivity index (χ3n) is 3.52. The molecule has 0 N–H and O–H groups in total. The van der Waals surface area contributed by atoms with E-state index >= 15 is 0 Å². The lowest BCUT2D eigenvalue weighted by Crippen LogP contribution is -2.15. The zero-order valence-corrected chi connectivity index (χ0v) is 12.0. The Bertz CT molecular complexity index is 659. The molecule has 3 heteroatoms. The Morgan fingerprint density at radius 3 is 2.52 bits per heavy atom. The second-order valence-electron chi connectivity index (χ2n) is 4.87. The highest BCUT2D eigenvalue weighted by Crippen LogP contribution is 2.24. The van der Waals surface area contributed by atoms with E-state index in [1.165, 1.54) is 0 Å². The summed E-state index contributed by atoms with van der Waals surface area (Å²) in [7, 11) is 1.65. The molecule has 0 aliphatic carbocycles. The van der Waals surface area contributed by atoms with Crippen LogP contribution in [0.25, 0.3) is 5.57 Å². The minimum Gasteiger partial charge on any atom is -0.497 e. The number of ether oxygens (including phenoxy) is 2. The molecule has 0 amide bonds. The number of methoxy groups -OCH3 is 1. The molecular formula is C18H17NO2. The highest BCUT2D eigenvalue weighted by molar-refractivity contribution is 5.96. The summed E-state index contributed by atoms with van der Waals surface area (Å²) in [6, 6.07) is 17.8. The number of rotatable bonds is 4. The van der Waals surface area contributed by atoms with Crippen molar-refractivity contribution in [1.29, 1.82) is 0 Å². The summed E-state index contributed by atoms with van der Waals surface area (Å²) in [5.74, 6) is 1.49. The lowest BCUT2D eigenvalue weighted by atomic mass is 10.0. The van der Waals surface area contributed by atoms with Crippen molar-refractivity contribution in [3.63, 3.8) is 0 Å². The van der Waals surface area contributed by atoms with Crippen LogP contribution in [-0.2, 0) is 4.74 Å². The van der Waals surface area contributed by atoms with Gasteiger partial charge in [0.1, 0.15) is 11.9 Å². The van der Waals surface area contributed by atoms with Crippen LogP contribution in [0.1, 0.15) is 11.1 Å². The van der Waals surface area contributed by atoms with Crippen LogP contribution in [0.5, 0.6) is 5.75 Å². The smallest absolute Gasteiger partial charge is 0.216 e. The Morgan fingerprint density at radius 1 is 1.14 bits per heavy atom. The van der Waals surface area contributed by atoms with Crippen molar-refractivity contribution in [3.05, 3.63) is 72.3 Å². The van der Waals surface area contributed by atoms with E-state index in [2.05, 4.69) is 11.6 Å². The molecular weight excluding hydrogens is 262 g/mol. The molecule has 2 aromatic rings. The quantitative estimate of drug-likeness (QED) is 0.857. The second-order valence-corrected chi connectivity index (χ2v) is 4.87. The molecule has 1 aliphatic heterocycles. The highest BCUT2D eigenvalue weighted by atomic mass is 16.5. The van der Waals surface area contributed by atoms with Gasteiger partial charge in [-0.1, -0.05) is 36.9 Å². The van der Waals surface area contributed by atoms with Crippen molar-refractivity contribution in [2.75, 3.05) is 13.7 Å². The van der Waals surface area contributed by atoms with Crippen LogP contribution < -0.4 is 4.74 Å². The van der Waals surface area contributed by atoms with Gasteiger partial charge >= 0.3 is 0 Å². The molecule has 0 bridgehead atoms. The Balaban J connectivity index is 1.71. The molecule has 3 nitrogen and oxygen atoms in total. The van der Waals surface area contributed by atoms with Crippen LogP contribution in [0.15, 0.2) is 66.2 Å². The first-order valence-corrected chi connectivity index (χ1v) is 6.87. The van der Waals surface area contributed by atoms with E-state index in [-0.39, 0.29) is 6.10 Å². The normalized spacial score (nSPS) is 17.0. The van der Waals surface area contributed by atoms with Crippen LogP contribution >= 0.6 is 0 Å². The van der Waals surface area contributed by atoms with Crippen molar-refractivity contribution < 1.29 is 9.47 Å². The maximum absolute atomic E-state index is 5.95. The van der Waals surface area contributed by atoms with Gasteiger partial charge in [0, 0.05) is 5.56 Å². The van der Waals surface area contributed by atoms with E-state index in [4.69, 9.17) is 9.47 Å². The lowest BCUT2D eigenvalue weighted by molar-refractivity contribution is 0.284. The van der Waals surface area contributed by atoms with Gasteiger partial charge in [-0.25, -0.2) is 4.99 Å². The summed E-state index contributed by atoms with van der Waals surface area (Å²) in [4.78, 5) is 4.48. The Hall–Kier alpha value is -2.55. The van der Waals surface area contributed by atoms with E-state index in [9.17, 15) is 0 Å². The number of nitrogens with zero attached hydrogens (tertiary/aromatic N) is 1. The van der Waals surface area contributed by atoms with Gasteiger partial charge in [-0.3, -0.25) is 0 Å². The van der Waals surface area contributed by atoms with Gasteiger partial charge < -0.3 is 9.47 Å². The number of hydrogen-bond acceptors (Lipinski definition) is 3. The van der Waals surface area contributed by atoms with Crippen molar-refractivity contribution in [1.82, 2.24) is 0 Å². The van der Waals surface area contributed by atoms with Gasteiger partial charge in [-0.15, -0.1) is 0 Å². The molecule has 1 atom stereocenters. The van der Waals surface area contributed by atoms with Crippen molar-refractivity contribution >= 4 is 11.5 Å². The zero-order valence-electron chi connectivity index (χ0n) is 12.0. The monoisotopic (exact) mass is 279 g/mol. The highest BCUT2D eigenvalue weighted by Gasteiger charge is 2.24. The minimum atomic E-state index is -0.0931. The van der Waals surface area contributed by atoms with Gasteiger partial charge in [-0.2, -0.15) is 0 Å². The average Bonchev–Trinajstić information content (AvgIpc) is 3.05. The topological polar surface area (TPSA) is 30.8 Å². The Kier molecular flexibility index (Phi) is 3.73. The van der Waals surface area contributed by atoms with E-state index < -0.39 is 0 Å². The lowest BCUT2D eigenvalue weighted by Gasteiger charge is -2.14. The maximum Gasteiger partial charge on any atom is 0.216 e. The predicted molar refractivity (Wildman–Crippen MR) is 84.7 cm³/mol. The fourth-order valence-electron chi connectivity index (χ4n) is 2.29. The molecule has 0 saturated heterocycles. The molecule has 21 heavy (non-hydrogen) atoms. The molecule has 0 radical (unpaired) electrons. The number of hydrogen-bond donors (Lipinski definition) is 0. The summed E-state index contributed by atoms with van der Waals surface area (Å²) < 4.78 is 11.1. The zero-order chi connectivity index (χ0) is 14.7. The maximum atomic E-state index is 5.95. The fraction of sp³-hybridized carbons (Fsp3) is 0.167. The second kappa shape index (κ2) is 5.83. The van der Waals surface area contributed by atoms with Crippen LogP contribution in [0.4, 0.5) is 0 Å². The number of aliphatic imine (C=N–C) groups is 1. The number of benzene rings is 2. The van der Waals surface area contributed by atoms with Gasteiger partial charge in [0.05, 0.1) is 13.7 Å². The molecule has 3 rings (SSSR count). The minimum absolute atomic E-state index is 0.0931. The largest absolute Gasteiger partial charge is 0.497 e. The SMILES string of the molecule is C=C(c1ccccc1)C1CN=C(c2ccc(OC)cc2)O1. The molecule has 0 fully saturated rings. The molecule has 0 aromatic heterocycles. The average molecular weight is 279 g/mol. The molecule has 1 unspecified atom stereocenters. The first-order chi connectivity index (χ1) is 10.3. The van der Waals surface area contributed by atoms with Crippen LogP contribution in [-0.4, -0.2) is 25.7 Å². The third kappa shape index (κ3) is 2.82. The molecule has 106 valence electrons.